The van der Waals surface area contributed by atoms with Crippen molar-refractivity contribution in [3.63, 3.8) is 0 Å². The van der Waals surface area contributed by atoms with Gasteiger partial charge in [-0.05, 0) is 60.4 Å². The number of aromatic hydroxyl groups is 1. The lowest BCUT2D eigenvalue weighted by molar-refractivity contribution is -0.143. The first-order valence-electron chi connectivity index (χ1n) is 13.6. The van der Waals surface area contributed by atoms with Gasteiger partial charge in [-0.2, -0.15) is 41.5 Å². The molecule has 1 saturated heterocycles. The summed E-state index contributed by atoms with van der Waals surface area (Å²) in [5.74, 6) is -0.825. The summed E-state index contributed by atoms with van der Waals surface area (Å²) >= 11 is 1.07. The van der Waals surface area contributed by atoms with Gasteiger partial charge in [-0.15, -0.1) is 0 Å². The first kappa shape index (κ1) is 31.4. The van der Waals surface area contributed by atoms with Crippen molar-refractivity contribution in [2.75, 3.05) is 25.0 Å². The lowest BCUT2D eigenvalue weighted by Gasteiger charge is -2.38. The van der Waals surface area contributed by atoms with Gasteiger partial charge in [-0.25, -0.2) is 0 Å². The zero-order valence-electron chi connectivity index (χ0n) is 23.6. The summed E-state index contributed by atoms with van der Waals surface area (Å²) in [4.78, 5) is 20.0. The van der Waals surface area contributed by atoms with Crippen LogP contribution >= 0.6 is 11.3 Å². The van der Waals surface area contributed by atoms with Crippen LogP contribution in [0.4, 0.5) is 31.5 Å². The summed E-state index contributed by atoms with van der Waals surface area (Å²) in [5.41, 5.74) is 3.07. The second kappa shape index (κ2) is 11.8. The van der Waals surface area contributed by atoms with Crippen molar-refractivity contribution >= 4 is 34.2 Å². The maximum Gasteiger partial charge on any atom is 0.416 e. The molecule has 0 bridgehead atoms. The summed E-state index contributed by atoms with van der Waals surface area (Å²) in [5, 5.41) is 20.2. The lowest BCUT2D eigenvalue weighted by Crippen LogP contribution is -2.50. The molecule has 3 heterocycles. The Morgan fingerprint density at radius 3 is 2.45 bits per heavy atom. The lowest BCUT2D eigenvalue weighted by atomic mass is 9.94. The molecular weight excluding hydrogens is 610 g/mol. The maximum atomic E-state index is 14.1. The van der Waals surface area contributed by atoms with Crippen molar-refractivity contribution in [2.45, 2.75) is 50.6 Å². The van der Waals surface area contributed by atoms with Crippen molar-refractivity contribution < 1.29 is 36.2 Å². The van der Waals surface area contributed by atoms with E-state index in [0.717, 1.165) is 17.4 Å². The van der Waals surface area contributed by atoms with E-state index in [-0.39, 0.29) is 22.6 Å². The number of piperidine rings is 1. The Bertz CT molecular complexity index is 1730. The quantitative estimate of drug-likeness (QED) is 0.380. The zero-order valence-corrected chi connectivity index (χ0v) is 24.4. The molecule has 1 unspecified atom stereocenters. The average molecular weight is 639 g/mol. The number of fused-ring (bicyclic) bond motifs is 1. The number of carbonyl (C=O) groups excluding carboxylic acids is 1. The Hall–Kier alpha value is -3.98. The van der Waals surface area contributed by atoms with Gasteiger partial charge in [0, 0.05) is 38.2 Å². The molecule has 234 valence electrons. The Balaban J connectivity index is 1.55. The van der Waals surface area contributed by atoms with Crippen LogP contribution in [0.1, 0.15) is 46.9 Å². The molecule has 0 radical (unpaired) electrons. The van der Waals surface area contributed by atoms with Crippen LogP contribution in [0, 0.1) is 0 Å². The third-order valence-electron chi connectivity index (χ3n) is 8.03. The van der Waals surface area contributed by atoms with Gasteiger partial charge < -0.3 is 15.7 Å². The standard InChI is InChI=1S/C29H28F6N6O2S/c1-15(25(36)42)41-9-7-20(8-10-41)40(2)27-38-26(43)24(44-27)21(16-4-6-23-18(11-16)14-37-39-23)12-17-3-5-19(28(30,31)32)13-22(17)29(33,34)35/h3-6,11,13-15,20,43H,7-10,12H2,1-2H3,(H2,36,42). The summed E-state index contributed by atoms with van der Waals surface area (Å²) in [7, 11) is 1.80. The molecule has 1 aromatic heterocycles. The molecule has 2 aliphatic heterocycles. The molecule has 0 saturated carbocycles. The van der Waals surface area contributed by atoms with E-state index in [2.05, 4.69) is 15.2 Å². The number of likely N-dealkylation sites (tertiary alicyclic amines) is 1. The largest absolute Gasteiger partial charge is 0.492 e. The number of nitrogens with zero attached hydrogens (tertiary/aromatic N) is 5. The van der Waals surface area contributed by atoms with Gasteiger partial charge in [0.05, 0.1) is 33.6 Å². The fraction of sp³-hybridized carbons (Fsp3) is 0.379. The molecule has 5 rings (SSSR count). The third-order valence-corrected chi connectivity index (χ3v) is 9.22. The van der Waals surface area contributed by atoms with Crippen molar-refractivity contribution in [3.05, 3.63) is 74.1 Å². The van der Waals surface area contributed by atoms with E-state index >= 15 is 0 Å². The SMILES string of the molecule is CC(C(N)=O)N1CCC(N(C)c2nc(O)c(C(Cc3ccc(C(F)(F)F)cc3C(F)(F)F)=c3ccc4c(c3)C=NN=4)s2)CC1. The normalized spacial score (nSPS) is 17.3. The number of aromatic nitrogens is 1. The number of thiazole rings is 1. The molecule has 1 atom stereocenters. The molecule has 1 amide bonds. The number of hydrogen-bond acceptors (Lipinski definition) is 8. The minimum Gasteiger partial charge on any atom is -0.492 e. The number of halogens is 6. The molecule has 44 heavy (non-hydrogen) atoms. The number of hydrogen-bond donors (Lipinski definition) is 2. The van der Waals surface area contributed by atoms with Gasteiger partial charge in [-0.3, -0.25) is 9.69 Å². The van der Waals surface area contributed by atoms with Crippen LogP contribution in [-0.4, -0.2) is 59.3 Å². The minimum atomic E-state index is -5.06. The van der Waals surface area contributed by atoms with Crippen LogP contribution in [0.3, 0.4) is 0 Å². The van der Waals surface area contributed by atoms with Crippen LogP contribution in [0.15, 0.2) is 46.6 Å². The van der Waals surface area contributed by atoms with Crippen molar-refractivity contribution in [2.24, 2.45) is 15.9 Å². The van der Waals surface area contributed by atoms with E-state index in [0.29, 0.717) is 53.3 Å². The number of nitrogens with two attached hydrogens (primary N) is 1. The van der Waals surface area contributed by atoms with E-state index in [1.54, 1.807) is 32.2 Å². The number of primary amides is 1. The van der Waals surface area contributed by atoms with Gasteiger partial charge in [-0.1, -0.05) is 23.5 Å². The summed E-state index contributed by atoms with van der Waals surface area (Å²) < 4.78 is 82.2. The van der Waals surface area contributed by atoms with Gasteiger partial charge >= 0.3 is 12.4 Å². The molecule has 0 aliphatic carbocycles. The number of rotatable bonds is 7. The number of alkyl halides is 6. The van der Waals surface area contributed by atoms with Crippen molar-refractivity contribution in [3.8, 4) is 5.88 Å². The van der Waals surface area contributed by atoms with Gasteiger partial charge in [0.25, 0.3) is 0 Å². The molecule has 2 aromatic carbocycles. The smallest absolute Gasteiger partial charge is 0.416 e. The number of carbonyl (C=O) groups is 1. The first-order valence-corrected chi connectivity index (χ1v) is 14.4. The van der Waals surface area contributed by atoms with E-state index in [1.165, 1.54) is 6.21 Å². The predicted molar refractivity (Wildman–Crippen MR) is 153 cm³/mol. The van der Waals surface area contributed by atoms with Crippen LogP contribution in [0.25, 0.3) is 5.57 Å². The summed E-state index contributed by atoms with van der Waals surface area (Å²) in [6.07, 6.45) is -7.64. The van der Waals surface area contributed by atoms with Crippen molar-refractivity contribution in [1.82, 2.24) is 9.88 Å². The molecule has 1 fully saturated rings. The third kappa shape index (κ3) is 6.43. The minimum absolute atomic E-state index is 0.00209. The number of amides is 1. The van der Waals surface area contributed by atoms with Gasteiger partial charge in [0.1, 0.15) is 0 Å². The molecule has 2 aliphatic rings. The first-order chi connectivity index (χ1) is 20.6. The Labute approximate surface area is 251 Å². The van der Waals surface area contributed by atoms with Crippen LogP contribution in [0.2, 0.25) is 0 Å². The molecule has 8 nitrogen and oxygen atoms in total. The Morgan fingerprint density at radius 2 is 1.82 bits per heavy atom. The van der Waals surface area contributed by atoms with Crippen LogP contribution < -0.4 is 21.2 Å². The molecule has 0 spiro atoms. The van der Waals surface area contributed by atoms with Crippen LogP contribution in [0.5, 0.6) is 5.88 Å². The Morgan fingerprint density at radius 1 is 1.11 bits per heavy atom. The molecule has 3 aromatic rings. The Kier molecular flexibility index (Phi) is 8.46. The highest BCUT2D eigenvalue weighted by Crippen LogP contribution is 2.41. The van der Waals surface area contributed by atoms with Gasteiger partial charge in [0.2, 0.25) is 11.8 Å². The zero-order chi connectivity index (χ0) is 32.0. The average Bonchev–Trinajstić information content (AvgIpc) is 3.60. The number of anilines is 1. The van der Waals surface area contributed by atoms with Crippen LogP contribution in [-0.2, 0) is 23.6 Å². The highest BCUT2D eigenvalue weighted by Gasteiger charge is 2.38. The molecule has 3 N–H and O–H groups in total. The second-order valence-corrected chi connectivity index (χ2v) is 11.7. The van der Waals surface area contributed by atoms with E-state index < -0.39 is 53.3 Å². The van der Waals surface area contributed by atoms with E-state index in [1.807, 2.05) is 9.80 Å². The topological polar surface area (TPSA) is 107 Å². The second-order valence-electron chi connectivity index (χ2n) is 10.7. The van der Waals surface area contributed by atoms with Crippen molar-refractivity contribution in [1.29, 1.82) is 0 Å². The highest BCUT2D eigenvalue weighted by molar-refractivity contribution is 7.17. The fourth-order valence-corrected chi connectivity index (χ4v) is 6.47. The van der Waals surface area contributed by atoms with Gasteiger partial charge in [0.15, 0.2) is 5.13 Å². The summed E-state index contributed by atoms with van der Waals surface area (Å²) in [6, 6.07) is 6.03. The predicted octanol–water partition coefficient (Wildman–Crippen LogP) is 4.07. The van der Waals surface area contributed by atoms with E-state index in [4.69, 9.17) is 5.73 Å². The molecular formula is C29H28F6N6O2S. The molecule has 15 heteroatoms. The highest BCUT2D eigenvalue weighted by atomic mass is 32.1. The fourth-order valence-electron chi connectivity index (χ4n) is 5.41. The maximum absolute atomic E-state index is 14.1. The number of benzene rings is 2. The monoisotopic (exact) mass is 638 g/mol. The van der Waals surface area contributed by atoms with E-state index in [9.17, 15) is 36.2 Å². The summed E-state index contributed by atoms with van der Waals surface area (Å²) in [6.45, 7) is 2.96.